The quantitative estimate of drug-likeness (QED) is 0.551. The summed E-state index contributed by atoms with van der Waals surface area (Å²) in [5.74, 6) is 0.353. The summed E-state index contributed by atoms with van der Waals surface area (Å²) in [5.41, 5.74) is 1.33. The summed E-state index contributed by atoms with van der Waals surface area (Å²) < 4.78 is 11.1. The van der Waals surface area contributed by atoms with Crippen LogP contribution in [0.25, 0.3) is 0 Å². The van der Waals surface area contributed by atoms with E-state index in [0.29, 0.717) is 23.6 Å². The molecule has 3 aromatic rings. The monoisotopic (exact) mass is 389 g/mol. The van der Waals surface area contributed by atoms with Gasteiger partial charge in [0.2, 0.25) is 0 Å². The van der Waals surface area contributed by atoms with Gasteiger partial charge in [-0.3, -0.25) is 4.79 Å². The van der Waals surface area contributed by atoms with E-state index in [1.807, 2.05) is 60.7 Å². The van der Waals surface area contributed by atoms with Crippen molar-refractivity contribution in [2.45, 2.75) is 19.6 Å². The summed E-state index contributed by atoms with van der Waals surface area (Å²) in [4.78, 5) is 26.6. The number of carbonyl (C=O) groups excluding carboxylic acids is 2. The Hall–Kier alpha value is -3.60. The number of amides is 1. The van der Waals surface area contributed by atoms with Gasteiger partial charge in [-0.2, -0.15) is 0 Å². The zero-order valence-corrected chi connectivity index (χ0v) is 16.4. The largest absolute Gasteiger partial charge is 0.457 e. The second kappa shape index (κ2) is 9.55. The molecule has 148 valence electrons. The minimum atomic E-state index is -0.894. The fourth-order valence-corrected chi connectivity index (χ4v) is 2.84. The Bertz CT molecular complexity index is 957. The van der Waals surface area contributed by atoms with Gasteiger partial charge in [0.05, 0.1) is 5.56 Å². The molecule has 0 unspecified atom stereocenters. The summed E-state index contributed by atoms with van der Waals surface area (Å²) in [6, 6.07) is 25.6. The number of para-hydroxylation sites is 1. The topological polar surface area (TPSA) is 55.8 Å². The highest BCUT2D eigenvalue weighted by molar-refractivity contribution is 5.92. The third-order valence-corrected chi connectivity index (χ3v) is 4.32. The molecule has 0 N–H and O–H groups in total. The van der Waals surface area contributed by atoms with Crippen LogP contribution in [0.5, 0.6) is 11.5 Å². The number of carbonyl (C=O) groups is 2. The van der Waals surface area contributed by atoms with Crippen molar-refractivity contribution < 1.29 is 19.1 Å². The van der Waals surface area contributed by atoms with E-state index in [1.54, 1.807) is 43.1 Å². The van der Waals surface area contributed by atoms with Gasteiger partial charge in [0.1, 0.15) is 11.5 Å². The molecule has 0 heterocycles. The number of hydrogen-bond acceptors (Lipinski definition) is 4. The van der Waals surface area contributed by atoms with Crippen molar-refractivity contribution in [3.05, 3.63) is 96.1 Å². The van der Waals surface area contributed by atoms with Crippen molar-refractivity contribution in [2.24, 2.45) is 0 Å². The minimum absolute atomic E-state index is 0.265. The molecule has 1 atom stereocenters. The van der Waals surface area contributed by atoms with E-state index in [2.05, 4.69) is 0 Å². The molecule has 29 heavy (non-hydrogen) atoms. The average Bonchev–Trinajstić information content (AvgIpc) is 2.74. The van der Waals surface area contributed by atoms with Crippen molar-refractivity contribution in [2.75, 3.05) is 7.05 Å². The lowest BCUT2D eigenvalue weighted by atomic mass is 10.2. The van der Waals surface area contributed by atoms with Crippen molar-refractivity contribution in [3.63, 3.8) is 0 Å². The van der Waals surface area contributed by atoms with Crippen LogP contribution < -0.4 is 4.74 Å². The maximum Gasteiger partial charge on any atom is 0.339 e. The Morgan fingerprint density at radius 2 is 1.48 bits per heavy atom. The molecule has 3 aromatic carbocycles. The fraction of sp³-hybridized carbons (Fsp3) is 0.167. The first-order valence-electron chi connectivity index (χ1n) is 9.36. The number of benzene rings is 3. The number of nitrogens with zero attached hydrogens (tertiary/aromatic N) is 1. The van der Waals surface area contributed by atoms with Crippen LogP contribution in [0, 0.1) is 0 Å². The van der Waals surface area contributed by atoms with Gasteiger partial charge < -0.3 is 14.4 Å². The first-order valence-corrected chi connectivity index (χ1v) is 9.36. The highest BCUT2D eigenvalue weighted by Crippen LogP contribution is 2.22. The maximum absolute atomic E-state index is 12.5. The molecule has 0 saturated heterocycles. The molecule has 1 amide bonds. The van der Waals surface area contributed by atoms with Crippen molar-refractivity contribution in [1.82, 2.24) is 4.90 Å². The van der Waals surface area contributed by atoms with E-state index in [-0.39, 0.29) is 5.91 Å². The number of esters is 1. The molecule has 5 heteroatoms. The summed E-state index contributed by atoms with van der Waals surface area (Å²) in [6.07, 6.45) is -0.894. The summed E-state index contributed by atoms with van der Waals surface area (Å²) in [7, 11) is 1.69. The van der Waals surface area contributed by atoms with Crippen LogP contribution in [-0.2, 0) is 16.1 Å². The van der Waals surface area contributed by atoms with Crippen LogP contribution in [0.3, 0.4) is 0 Å². The summed E-state index contributed by atoms with van der Waals surface area (Å²) in [6.45, 7) is 2.02. The molecule has 0 aliphatic heterocycles. The molecular formula is C24H23NO4. The van der Waals surface area contributed by atoms with Crippen LogP contribution in [0.2, 0.25) is 0 Å². The normalized spacial score (nSPS) is 11.4. The highest BCUT2D eigenvalue weighted by Gasteiger charge is 2.22. The first-order chi connectivity index (χ1) is 14.0. The van der Waals surface area contributed by atoms with Crippen LogP contribution in [-0.4, -0.2) is 29.9 Å². The number of likely N-dealkylation sites (N-methyl/N-ethyl adjacent to an activating group) is 1. The lowest BCUT2D eigenvalue weighted by Gasteiger charge is -2.21. The Morgan fingerprint density at radius 1 is 0.862 bits per heavy atom. The average molecular weight is 389 g/mol. The van der Waals surface area contributed by atoms with E-state index in [0.717, 1.165) is 5.56 Å². The van der Waals surface area contributed by atoms with Crippen LogP contribution in [0.1, 0.15) is 22.8 Å². The number of rotatable bonds is 7. The SMILES string of the molecule is C[C@@H](OC(=O)c1cccc(Oc2ccccc2)c1)C(=O)N(C)Cc1ccccc1. The van der Waals surface area contributed by atoms with Gasteiger partial charge in [0, 0.05) is 13.6 Å². The van der Waals surface area contributed by atoms with E-state index in [4.69, 9.17) is 9.47 Å². The zero-order chi connectivity index (χ0) is 20.6. The lowest BCUT2D eigenvalue weighted by Crippen LogP contribution is -2.37. The molecule has 0 fully saturated rings. The molecule has 0 aliphatic carbocycles. The van der Waals surface area contributed by atoms with Gasteiger partial charge >= 0.3 is 5.97 Å². The van der Waals surface area contributed by atoms with Gasteiger partial charge in [-0.25, -0.2) is 4.79 Å². The van der Waals surface area contributed by atoms with Gasteiger partial charge in [0.25, 0.3) is 5.91 Å². The van der Waals surface area contributed by atoms with E-state index in [1.165, 1.54) is 0 Å². The lowest BCUT2D eigenvalue weighted by molar-refractivity contribution is -0.139. The van der Waals surface area contributed by atoms with Crippen molar-refractivity contribution in [1.29, 1.82) is 0 Å². The van der Waals surface area contributed by atoms with Crippen LogP contribution >= 0.6 is 0 Å². The first kappa shape index (κ1) is 20.1. The number of ether oxygens (including phenoxy) is 2. The second-order valence-corrected chi connectivity index (χ2v) is 6.67. The minimum Gasteiger partial charge on any atom is -0.457 e. The number of hydrogen-bond donors (Lipinski definition) is 0. The van der Waals surface area contributed by atoms with Gasteiger partial charge in [-0.1, -0.05) is 54.6 Å². The highest BCUT2D eigenvalue weighted by atomic mass is 16.5. The summed E-state index contributed by atoms with van der Waals surface area (Å²) >= 11 is 0. The van der Waals surface area contributed by atoms with Crippen molar-refractivity contribution in [3.8, 4) is 11.5 Å². The summed E-state index contributed by atoms with van der Waals surface area (Å²) in [5, 5.41) is 0. The zero-order valence-electron chi connectivity index (χ0n) is 16.4. The molecule has 0 aromatic heterocycles. The molecule has 0 spiro atoms. The second-order valence-electron chi connectivity index (χ2n) is 6.67. The maximum atomic E-state index is 12.5. The van der Waals surface area contributed by atoms with Crippen molar-refractivity contribution >= 4 is 11.9 Å². The Morgan fingerprint density at radius 3 is 2.17 bits per heavy atom. The predicted octanol–water partition coefficient (Wildman–Crippen LogP) is 4.68. The third-order valence-electron chi connectivity index (χ3n) is 4.32. The molecule has 5 nitrogen and oxygen atoms in total. The van der Waals surface area contributed by atoms with Gasteiger partial charge in [-0.15, -0.1) is 0 Å². The van der Waals surface area contributed by atoms with Crippen LogP contribution in [0.4, 0.5) is 0 Å². The standard InChI is InChI=1S/C24H23NO4/c1-18(23(26)25(2)17-19-10-5-3-6-11-19)28-24(27)20-12-9-15-22(16-20)29-21-13-7-4-8-14-21/h3-16,18H,17H2,1-2H3/t18-/m1/s1. The molecule has 0 radical (unpaired) electrons. The predicted molar refractivity (Wildman–Crippen MR) is 111 cm³/mol. The van der Waals surface area contributed by atoms with E-state index < -0.39 is 12.1 Å². The molecular weight excluding hydrogens is 366 g/mol. The third kappa shape index (κ3) is 5.69. The van der Waals surface area contributed by atoms with E-state index >= 15 is 0 Å². The van der Waals surface area contributed by atoms with Gasteiger partial charge in [-0.05, 0) is 42.8 Å². The van der Waals surface area contributed by atoms with Gasteiger partial charge in [0.15, 0.2) is 6.10 Å². The molecule has 0 saturated carbocycles. The fourth-order valence-electron chi connectivity index (χ4n) is 2.84. The molecule has 0 aliphatic rings. The van der Waals surface area contributed by atoms with E-state index in [9.17, 15) is 9.59 Å². The Labute approximate surface area is 170 Å². The Kier molecular flexibility index (Phi) is 6.63. The molecule has 0 bridgehead atoms. The molecule has 3 rings (SSSR count). The smallest absolute Gasteiger partial charge is 0.339 e. The van der Waals surface area contributed by atoms with Crippen LogP contribution in [0.15, 0.2) is 84.9 Å². The Balaban J connectivity index is 1.60.